The standard InChI is InChI=1S/C17H24N4O3S/c1-3-14(2)19-17(22)13-20-8-10-21(11-9-20)25(23,24)16-6-4-15(12-18)5-7-16/h4-7,14H,3,8-11,13H2,1-2H3,(H,19,22). The van der Waals surface area contributed by atoms with Crippen molar-refractivity contribution in [3.8, 4) is 6.07 Å². The summed E-state index contributed by atoms with van der Waals surface area (Å²) in [6.45, 7) is 5.98. The summed E-state index contributed by atoms with van der Waals surface area (Å²) in [6.07, 6.45) is 0.877. The SMILES string of the molecule is CCC(C)NC(=O)CN1CCN(S(=O)(=O)c2ccc(C#N)cc2)CC1. The van der Waals surface area contributed by atoms with Crippen LogP contribution >= 0.6 is 0 Å². The van der Waals surface area contributed by atoms with Crippen LogP contribution in [0.25, 0.3) is 0 Å². The molecule has 1 unspecified atom stereocenters. The molecule has 0 saturated carbocycles. The lowest BCUT2D eigenvalue weighted by atomic mass is 10.2. The Morgan fingerprint density at radius 1 is 1.24 bits per heavy atom. The van der Waals surface area contributed by atoms with Gasteiger partial charge in [0.05, 0.1) is 23.1 Å². The highest BCUT2D eigenvalue weighted by atomic mass is 32.2. The number of carbonyl (C=O) groups is 1. The van der Waals surface area contributed by atoms with Crippen LogP contribution < -0.4 is 5.32 Å². The van der Waals surface area contributed by atoms with Gasteiger partial charge in [-0.15, -0.1) is 0 Å². The molecule has 0 bridgehead atoms. The van der Waals surface area contributed by atoms with Crippen LogP contribution in [0.15, 0.2) is 29.2 Å². The third-order valence-corrected chi connectivity index (χ3v) is 6.25. The van der Waals surface area contributed by atoms with Gasteiger partial charge in [0.25, 0.3) is 0 Å². The molecule has 8 heteroatoms. The average Bonchev–Trinajstić information content (AvgIpc) is 2.62. The summed E-state index contributed by atoms with van der Waals surface area (Å²) in [5.74, 6) is -0.0299. The maximum Gasteiger partial charge on any atom is 0.243 e. The van der Waals surface area contributed by atoms with Crippen LogP contribution in [0.4, 0.5) is 0 Å². The summed E-state index contributed by atoms with van der Waals surface area (Å²) in [7, 11) is -3.57. The molecule has 0 radical (unpaired) electrons. The number of piperazine rings is 1. The largest absolute Gasteiger partial charge is 0.353 e. The summed E-state index contributed by atoms with van der Waals surface area (Å²) in [5.41, 5.74) is 0.427. The van der Waals surface area contributed by atoms with E-state index in [0.717, 1.165) is 6.42 Å². The summed E-state index contributed by atoms with van der Waals surface area (Å²) in [4.78, 5) is 14.1. The van der Waals surface area contributed by atoms with Crippen molar-refractivity contribution in [1.29, 1.82) is 5.26 Å². The second-order valence-electron chi connectivity index (χ2n) is 6.19. The highest BCUT2D eigenvalue weighted by Gasteiger charge is 2.29. The van der Waals surface area contributed by atoms with Gasteiger partial charge < -0.3 is 5.32 Å². The Morgan fingerprint density at radius 2 is 1.84 bits per heavy atom. The molecule has 1 heterocycles. The zero-order valence-electron chi connectivity index (χ0n) is 14.6. The molecule has 1 aromatic rings. The van der Waals surface area contributed by atoms with E-state index in [9.17, 15) is 13.2 Å². The van der Waals surface area contributed by atoms with E-state index in [1.54, 1.807) is 0 Å². The van der Waals surface area contributed by atoms with Gasteiger partial charge in [-0.2, -0.15) is 9.57 Å². The number of benzene rings is 1. The van der Waals surface area contributed by atoms with Gasteiger partial charge in [0.2, 0.25) is 15.9 Å². The minimum absolute atomic E-state index is 0.0299. The van der Waals surface area contributed by atoms with Gasteiger partial charge in [-0.05, 0) is 37.6 Å². The van der Waals surface area contributed by atoms with Gasteiger partial charge in [-0.1, -0.05) is 6.92 Å². The maximum atomic E-state index is 12.6. The van der Waals surface area contributed by atoms with Crippen molar-refractivity contribution in [2.24, 2.45) is 0 Å². The summed E-state index contributed by atoms with van der Waals surface area (Å²) < 4.78 is 26.7. The Hall–Kier alpha value is -1.95. The monoisotopic (exact) mass is 364 g/mol. The fraction of sp³-hybridized carbons (Fsp3) is 0.529. The van der Waals surface area contributed by atoms with E-state index in [0.29, 0.717) is 31.7 Å². The first-order valence-corrected chi connectivity index (χ1v) is 9.83. The van der Waals surface area contributed by atoms with Crippen molar-refractivity contribution in [2.75, 3.05) is 32.7 Å². The first-order chi connectivity index (χ1) is 11.9. The smallest absolute Gasteiger partial charge is 0.243 e. The third kappa shape index (κ3) is 5.01. The zero-order chi connectivity index (χ0) is 18.4. The predicted molar refractivity (Wildman–Crippen MR) is 94.3 cm³/mol. The second-order valence-corrected chi connectivity index (χ2v) is 8.13. The van der Waals surface area contributed by atoms with Gasteiger partial charge in [0.15, 0.2) is 0 Å². The Morgan fingerprint density at radius 3 is 2.36 bits per heavy atom. The van der Waals surface area contributed by atoms with Crippen LogP contribution in [-0.4, -0.2) is 62.3 Å². The van der Waals surface area contributed by atoms with Crippen LogP contribution in [0.1, 0.15) is 25.8 Å². The number of carbonyl (C=O) groups excluding carboxylic acids is 1. The molecule has 25 heavy (non-hydrogen) atoms. The number of nitrogens with zero attached hydrogens (tertiary/aromatic N) is 3. The van der Waals surface area contributed by atoms with Gasteiger partial charge in [-0.3, -0.25) is 9.69 Å². The molecular formula is C17H24N4O3S. The lowest BCUT2D eigenvalue weighted by Gasteiger charge is -2.33. The minimum atomic E-state index is -3.57. The first kappa shape index (κ1) is 19.4. The molecule has 7 nitrogen and oxygen atoms in total. The van der Waals surface area contributed by atoms with E-state index in [4.69, 9.17) is 5.26 Å². The van der Waals surface area contributed by atoms with Crippen LogP contribution in [-0.2, 0) is 14.8 Å². The van der Waals surface area contributed by atoms with E-state index in [1.807, 2.05) is 24.8 Å². The number of hydrogen-bond donors (Lipinski definition) is 1. The number of rotatable bonds is 6. The van der Waals surface area contributed by atoms with E-state index < -0.39 is 10.0 Å². The summed E-state index contributed by atoms with van der Waals surface area (Å²) >= 11 is 0. The van der Waals surface area contributed by atoms with Crippen LogP contribution in [0.2, 0.25) is 0 Å². The summed E-state index contributed by atoms with van der Waals surface area (Å²) in [5, 5.41) is 11.7. The fourth-order valence-electron chi connectivity index (χ4n) is 2.60. The maximum absolute atomic E-state index is 12.6. The number of nitrogens with one attached hydrogen (secondary N) is 1. The topological polar surface area (TPSA) is 93.5 Å². The normalized spacial score (nSPS) is 17.6. The number of hydrogen-bond acceptors (Lipinski definition) is 5. The van der Waals surface area contributed by atoms with E-state index in [1.165, 1.54) is 28.6 Å². The quantitative estimate of drug-likeness (QED) is 0.805. The highest BCUT2D eigenvalue weighted by Crippen LogP contribution is 2.18. The Balaban J connectivity index is 1.92. The molecule has 1 atom stereocenters. The van der Waals surface area contributed by atoms with Crippen LogP contribution in [0.3, 0.4) is 0 Å². The van der Waals surface area contributed by atoms with Crippen molar-refractivity contribution in [3.63, 3.8) is 0 Å². The highest BCUT2D eigenvalue weighted by molar-refractivity contribution is 7.89. The van der Waals surface area contributed by atoms with Gasteiger partial charge in [0, 0.05) is 32.2 Å². The number of sulfonamides is 1. The van der Waals surface area contributed by atoms with Crippen molar-refractivity contribution in [3.05, 3.63) is 29.8 Å². The lowest BCUT2D eigenvalue weighted by molar-refractivity contribution is -0.123. The second kappa shape index (κ2) is 8.43. The molecule has 136 valence electrons. The molecule has 0 aliphatic carbocycles. The molecule has 1 saturated heterocycles. The molecular weight excluding hydrogens is 340 g/mol. The van der Waals surface area contributed by atoms with Gasteiger partial charge in [-0.25, -0.2) is 8.42 Å². The Bertz CT molecular complexity index is 732. The Labute approximate surface area is 149 Å². The van der Waals surface area contributed by atoms with Crippen LogP contribution in [0.5, 0.6) is 0 Å². The van der Waals surface area contributed by atoms with Crippen molar-refractivity contribution < 1.29 is 13.2 Å². The molecule has 1 aliphatic heterocycles. The van der Waals surface area contributed by atoms with Crippen LogP contribution in [0, 0.1) is 11.3 Å². The van der Waals surface area contributed by atoms with Crippen molar-refractivity contribution in [2.45, 2.75) is 31.2 Å². The van der Waals surface area contributed by atoms with Crippen molar-refractivity contribution in [1.82, 2.24) is 14.5 Å². The van der Waals surface area contributed by atoms with Crippen molar-refractivity contribution >= 4 is 15.9 Å². The molecule has 1 amide bonds. The Kier molecular flexibility index (Phi) is 6.53. The first-order valence-electron chi connectivity index (χ1n) is 8.39. The molecule has 0 aromatic heterocycles. The predicted octanol–water partition coefficient (Wildman–Crippen LogP) is 0.779. The molecule has 1 fully saturated rings. The van der Waals surface area contributed by atoms with E-state index in [-0.39, 0.29) is 23.4 Å². The third-order valence-electron chi connectivity index (χ3n) is 4.34. The molecule has 1 aromatic carbocycles. The number of nitriles is 1. The van der Waals surface area contributed by atoms with Gasteiger partial charge >= 0.3 is 0 Å². The average molecular weight is 364 g/mol. The summed E-state index contributed by atoms with van der Waals surface area (Å²) in [6, 6.07) is 8.04. The number of amides is 1. The molecule has 2 rings (SSSR count). The van der Waals surface area contributed by atoms with Gasteiger partial charge in [0.1, 0.15) is 0 Å². The lowest BCUT2D eigenvalue weighted by Crippen LogP contribution is -2.51. The fourth-order valence-corrected chi connectivity index (χ4v) is 4.03. The molecule has 0 spiro atoms. The minimum Gasteiger partial charge on any atom is -0.353 e. The van der Waals surface area contributed by atoms with E-state index in [2.05, 4.69) is 5.32 Å². The zero-order valence-corrected chi connectivity index (χ0v) is 15.4. The molecule has 1 aliphatic rings. The molecule has 1 N–H and O–H groups in total. The van der Waals surface area contributed by atoms with E-state index >= 15 is 0 Å².